The molecule has 3 rings (SSSR count). The third kappa shape index (κ3) is 4.93. The Morgan fingerprint density at radius 1 is 0.938 bits per heavy atom. The van der Waals surface area contributed by atoms with Gasteiger partial charge in [0.15, 0.2) is 0 Å². The minimum absolute atomic E-state index is 0.0798. The Balaban J connectivity index is 1.63. The van der Waals surface area contributed by atoms with Crippen molar-refractivity contribution in [2.24, 2.45) is 5.92 Å². The monoisotopic (exact) mass is 438 g/mol. The highest BCUT2D eigenvalue weighted by atomic mass is 16.5. The zero-order chi connectivity index (χ0) is 23.3. The van der Waals surface area contributed by atoms with E-state index in [2.05, 4.69) is 22.8 Å². The van der Waals surface area contributed by atoms with Gasteiger partial charge in [-0.3, -0.25) is 4.79 Å². The van der Waals surface area contributed by atoms with Crippen LogP contribution < -0.4 is 10.6 Å². The van der Waals surface area contributed by atoms with E-state index < -0.39 is 30.1 Å². The van der Waals surface area contributed by atoms with Crippen LogP contribution in [0.25, 0.3) is 11.1 Å². The number of nitrogens with one attached hydrogen (secondary N) is 2. The van der Waals surface area contributed by atoms with Gasteiger partial charge in [0.05, 0.1) is 0 Å². The zero-order valence-corrected chi connectivity index (χ0v) is 18.6. The number of benzene rings is 2. The highest BCUT2D eigenvalue weighted by molar-refractivity contribution is 5.89. The van der Waals surface area contributed by atoms with Crippen molar-refractivity contribution in [3.8, 4) is 11.1 Å². The Kier molecular flexibility index (Phi) is 7.51. The van der Waals surface area contributed by atoms with Crippen molar-refractivity contribution < 1.29 is 24.2 Å². The molecule has 0 aliphatic heterocycles. The molecule has 2 aromatic carbocycles. The molecular formula is C25H30N2O5. The van der Waals surface area contributed by atoms with Crippen LogP contribution >= 0.6 is 0 Å². The fraction of sp³-hybridized carbons (Fsp3) is 0.400. The van der Waals surface area contributed by atoms with Crippen molar-refractivity contribution in [2.45, 2.75) is 51.6 Å². The van der Waals surface area contributed by atoms with E-state index in [1.54, 1.807) is 13.8 Å². The molecule has 0 bridgehead atoms. The summed E-state index contributed by atoms with van der Waals surface area (Å²) in [4.78, 5) is 36.6. The first kappa shape index (κ1) is 23.3. The molecule has 0 saturated carbocycles. The van der Waals surface area contributed by atoms with E-state index in [9.17, 15) is 19.5 Å². The molecule has 3 N–H and O–H groups in total. The fourth-order valence-corrected chi connectivity index (χ4v) is 4.07. The predicted octanol–water partition coefficient (Wildman–Crippen LogP) is 3.92. The number of carbonyl (C=O) groups excluding carboxylic acids is 2. The third-order valence-corrected chi connectivity index (χ3v) is 6.14. The molecule has 7 heteroatoms. The Morgan fingerprint density at radius 2 is 1.50 bits per heavy atom. The first-order valence-electron chi connectivity index (χ1n) is 11.0. The van der Waals surface area contributed by atoms with Gasteiger partial charge in [0.1, 0.15) is 18.7 Å². The predicted molar refractivity (Wildman–Crippen MR) is 121 cm³/mol. The van der Waals surface area contributed by atoms with Crippen LogP contribution in [0.2, 0.25) is 0 Å². The Hall–Kier alpha value is -3.35. The van der Waals surface area contributed by atoms with Crippen LogP contribution in [0.15, 0.2) is 48.5 Å². The van der Waals surface area contributed by atoms with Crippen molar-refractivity contribution in [3.63, 3.8) is 0 Å². The van der Waals surface area contributed by atoms with Gasteiger partial charge < -0.3 is 20.5 Å². The number of alkyl carbamates (subject to hydrolysis) is 1. The summed E-state index contributed by atoms with van der Waals surface area (Å²) in [5, 5.41) is 14.5. The summed E-state index contributed by atoms with van der Waals surface area (Å²) in [6.45, 7) is 5.51. The fourth-order valence-electron chi connectivity index (χ4n) is 4.07. The molecule has 3 atom stereocenters. The molecule has 2 aromatic rings. The zero-order valence-electron chi connectivity index (χ0n) is 18.6. The first-order valence-corrected chi connectivity index (χ1v) is 11.0. The molecule has 2 amide bonds. The number of carboxylic acids is 1. The number of fused-ring (bicyclic) bond motifs is 3. The SMILES string of the molecule is CCC(C)[C@H](NC(=O)[C@@H](CC)NC(=O)OCC1c2ccccc2-c2ccccc21)C(=O)O. The molecule has 32 heavy (non-hydrogen) atoms. The van der Waals surface area contributed by atoms with Crippen molar-refractivity contribution in [1.82, 2.24) is 10.6 Å². The van der Waals surface area contributed by atoms with Gasteiger partial charge in [-0.05, 0) is 34.6 Å². The van der Waals surface area contributed by atoms with Crippen LogP contribution in [0.3, 0.4) is 0 Å². The lowest BCUT2D eigenvalue weighted by Gasteiger charge is -2.24. The quantitative estimate of drug-likeness (QED) is 0.550. The number of ether oxygens (including phenoxy) is 1. The van der Waals surface area contributed by atoms with Crippen molar-refractivity contribution in [1.29, 1.82) is 0 Å². The lowest BCUT2D eigenvalue weighted by Crippen LogP contribution is -2.53. The smallest absolute Gasteiger partial charge is 0.407 e. The molecule has 0 aromatic heterocycles. The minimum Gasteiger partial charge on any atom is -0.480 e. The average Bonchev–Trinajstić information content (AvgIpc) is 3.12. The van der Waals surface area contributed by atoms with Crippen LogP contribution in [0.1, 0.15) is 50.7 Å². The Morgan fingerprint density at radius 3 is 2.00 bits per heavy atom. The maximum atomic E-state index is 12.6. The Labute approximate surface area is 188 Å². The molecule has 0 heterocycles. The van der Waals surface area contributed by atoms with Crippen molar-refractivity contribution >= 4 is 18.0 Å². The molecule has 7 nitrogen and oxygen atoms in total. The molecule has 1 aliphatic rings. The van der Waals surface area contributed by atoms with E-state index in [0.717, 1.165) is 22.3 Å². The molecule has 0 saturated heterocycles. The standard InChI is InChI=1S/C25H30N2O5/c1-4-15(3)22(24(29)30)27-23(28)21(5-2)26-25(31)32-14-20-18-12-8-6-10-16(18)17-11-7-9-13-19(17)20/h6-13,15,20-22H,4-5,14H2,1-3H3,(H,26,31)(H,27,28)(H,29,30)/t15?,21-,22+/m1/s1. The second-order valence-electron chi connectivity index (χ2n) is 8.14. The Bertz CT molecular complexity index is 944. The summed E-state index contributed by atoms with van der Waals surface area (Å²) < 4.78 is 5.50. The molecular weight excluding hydrogens is 408 g/mol. The number of hydrogen-bond donors (Lipinski definition) is 3. The summed E-state index contributed by atoms with van der Waals surface area (Å²) in [6.07, 6.45) is 0.209. The highest BCUT2D eigenvalue weighted by Crippen LogP contribution is 2.44. The van der Waals surface area contributed by atoms with Gasteiger partial charge in [-0.15, -0.1) is 0 Å². The van der Waals surface area contributed by atoms with Gasteiger partial charge in [0.2, 0.25) is 5.91 Å². The van der Waals surface area contributed by atoms with E-state index in [1.807, 2.05) is 43.3 Å². The maximum absolute atomic E-state index is 12.6. The lowest BCUT2D eigenvalue weighted by atomic mass is 9.98. The number of carboxylic acid groups (broad SMARTS) is 1. The highest BCUT2D eigenvalue weighted by Gasteiger charge is 2.31. The average molecular weight is 439 g/mol. The molecule has 1 aliphatic carbocycles. The minimum atomic E-state index is -1.09. The number of hydrogen-bond acceptors (Lipinski definition) is 4. The van der Waals surface area contributed by atoms with Gasteiger partial charge >= 0.3 is 12.1 Å². The van der Waals surface area contributed by atoms with Gasteiger partial charge in [-0.2, -0.15) is 0 Å². The molecule has 0 radical (unpaired) electrons. The second-order valence-corrected chi connectivity index (χ2v) is 8.14. The molecule has 1 unspecified atom stereocenters. The molecule has 170 valence electrons. The van der Waals surface area contributed by atoms with E-state index in [4.69, 9.17) is 4.74 Å². The van der Waals surface area contributed by atoms with Crippen LogP contribution in [0.4, 0.5) is 4.79 Å². The van der Waals surface area contributed by atoms with Gasteiger partial charge in [-0.1, -0.05) is 75.7 Å². The van der Waals surface area contributed by atoms with Gasteiger partial charge in [0.25, 0.3) is 0 Å². The third-order valence-electron chi connectivity index (χ3n) is 6.14. The second kappa shape index (κ2) is 10.3. The largest absolute Gasteiger partial charge is 0.480 e. The summed E-state index contributed by atoms with van der Waals surface area (Å²) >= 11 is 0. The van der Waals surface area contributed by atoms with Gasteiger partial charge in [-0.25, -0.2) is 9.59 Å². The summed E-state index contributed by atoms with van der Waals surface area (Å²) in [6, 6.07) is 14.2. The normalized spacial score (nSPS) is 15.1. The van der Waals surface area contributed by atoms with Crippen molar-refractivity contribution in [2.75, 3.05) is 6.61 Å². The van der Waals surface area contributed by atoms with Crippen LogP contribution in [0.5, 0.6) is 0 Å². The molecule has 0 spiro atoms. The number of aliphatic carboxylic acids is 1. The van der Waals surface area contributed by atoms with Crippen LogP contribution in [0, 0.1) is 5.92 Å². The van der Waals surface area contributed by atoms with E-state index in [1.165, 1.54) is 0 Å². The number of carbonyl (C=O) groups is 3. The summed E-state index contributed by atoms with van der Waals surface area (Å²) in [5.41, 5.74) is 4.47. The summed E-state index contributed by atoms with van der Waals surface area (Å²) in [7, 11) is 0. The van der Waals surface area contributed by atoms with E-state index in [0.29, 0.717) is 12.8 Å². The number of rotatable bonds is 9. The summed E-state index contributed by atoms with van der Waals surface area (Å²) in [5.74, 6) is -1.94. The topological polar surface area (TPSA) is 105 Å². The van der Waals surface area contributed by atoms with Crippen LogP contribution in [-0.2, 0) is 14.3 Å². The van der Waals surface area contributed by atoms with E-state index >= 15 is 0 Å². The van der Waals surface area contributed by atoms with Crippen LogP contribution in [-0.4, -0.2) is 41.8 Å². The first-order chi connectivity index (χ1) is 15.4. The van der Waals surface area contributed by atoms with Gasteiger partial charge in [0, 0.05) is 5.92 Å². The van der Waals surface area contributed by atoms with Crippen molar-refractivity contribution in [3.05, 3.63) is 59.7 Å². The lowest BCUT2D eigenvalue weighted by molar-refractivity contribution is -0.143. The van der Waals surface area contributed by atoms with E-state index in [-0.39, 0.29) is 18.4 Å². The molecule has 0 fully saturated rings. The number of amides is 2. The maximum Gasteiger partial charge on any atom is 0.407 e.